The summed E-state index contributed by atoms with van der Waals surface area (Å²) in [5, 5.41) is 13.3. The molecule has 1 unspecified atom stereocenters. The fraction of sp³-hybridized carbons (Fsp3) is 0.138. The second kappa shape index (κ2) is 10.6. The van der Waals surface area contributed by atoms with Gasteiger partial charge in [-0.05, 0) is 61.0 Å². The Morgan fingerprint density at radius 2 is 1.22 bits per heavy atom. The van der Waals surface area contributed by atoms with E-state index in [1.807, 2.05) is 6.92 Å². The molecule has 0 aliphatic rings. The van der Waals surface area contributed by atoms with E-state index in [0.29, 0.717) is 0 Å². The van der Waals surface area contributed by atoms with Crippen molar-refractivity contribution >= 4 is 34.9 Å². The normalized spacial score (nSPS) is 12.1. The molecule has 0 amide bonds. The lowest BCUT2D eigenvalue weighted by Gasteiger charge is -2.28. The van der Waals surface area contributed by atoms with E-state index in [0.717, 1.165) is 11.9 Å². The van der Waals surface area contributed by atoms with Gasteiger partial charge in [0, 0.05) is 10.6 Å². The number of nitriles is 1. The highest BCUT2D eigenvalue weighted by Gasteiger charge is 2.45. The highest BCUT2D eigenvalue weighted by Crippen LogP contribution is 2.58. The average Bonchev–Trinajstić information content (AvgIpc) is 2.87. The zero-order valence-corrected chi connectivity index (χ0v) is 20.0. The van der Waals surface area contributed by atoms with Gasteiger partial charge in [-0.3, -0.25) is 0 Å². The van der Waals surface area contributed by atoms with Gasteiger partial charge < -0.3 is 0 Å². The van der Waals surface area contributed by atoms with Crippen molar-refractivity contribution in [2.75, 3.05) is 5.75 Å². The SMILES string of the molecule is CC(C#N)CSc1cccc(C[P+](c2ccccc2)(c2ccccc2)c2ccccc2)c1. The van der Waals surface area contributed by atoms with Gasteiger partial charge in [0.15, 0.2) is 0 Å². The summed E-state index contributed by atoms with van der Waals surface area (Å²) in [6.07, 6.45) is 0.966. The summed E-state index contributed by atoms with van der Waals surface area (Å²) in [6, 6.07) is 44.2. The summed E-state index contributed by atoms with van der Waals surface area (Å²) >= 11 is 1.77. The molecule has 0 aliphatic carbocycles. The molecule has 1 nitrogen and oxygen atoms in total. The maximum absolute atomic E-state index is 9.14. The fourth-order valence-electron chi connectivity index (χ4n) is 4.03. The zero-order chi connectivity index (χ0) is 22.2. The smallest absolute Gasteiger partial charge is 0.116 e. The summed E-state index contributed by atoms with van der Waals surface area (Å²) in [6.45, 7) is 1.98. The van der Waals surface area contributed by atoms with E-state index in [4.69, 9.17) is 5.26 Å². The van der Waals surface area contributed by atoms with Crippen LogP contribution in [0.2, 0.25) is 0 Å². The molecule has 3 heteroatoms. The lowest BCUT2D eigenvalue weighted by molar-refractivity contribution is 0.864. The molecule has 0 bridgehead atoms. The van der Waals surface area contributed by atoms with Crippen LogP contribution in [0.4, 0.5) is 0 Å². The van der Waals surface area contributed by atoms with Crippen LogP contribution >= 0.6 is 19.0 Å². The Bertz CT molecular complexity index is 1070. The third-order valence-electron chi connectivity index (χ3n) is 5.63. The van der Waals surface area contributed by atoms with Gasteiger partial charge in [-0.25, -0.2) is 0 Å². The largest absolute Gasteiger partial charge is 0.198 e. The first-order valence-corrected chi connectivity index (χ1v) is 13.8. The molecule has 1 atom stereocenters. The molecule has 0 aliphatic heterocycles. The quantitative estimate of drug-likeness (QED) is 0.227. The molecule has 0 radical (unpaired) electrons. The van der Waals surface area contributed by atoms with Gasteiger partial charge in [0.05, 0.1) is 18.1 Å². The Morgan fingerprint density at radius 3 is 1.69 bits per heavy atom. The first-order valence-electron chi connectivity index (χ1n) is 10.9. The molecular formula is C29H27NPS+. The van der Waals surface area contributed by atoms with Crippen LogP contribution < -0.4 is 15.9 Å². The number of rotatable bonds is 8. The standard InChI is InChI=1S/C29H27NPS/c1-24(21-30)23-32-29-19-11-12-25(20-29)22-31(26-13-5-2-6-14-26,27-15-7-3-8-16-27)28-17-9-4-10-18-28/h2-20,24H,22-23H2,1H3/q+1. The van der Waals surface area contributed by atoms with Crippen molar-refractivity contribution in [3.05, 3.63) is 121 Å². The van der Waals surface area contributed by atoms with Gasteiger partial charge in [0.1, 0.15) is 23.2 Å². The van der Waals surface area contributed by atoms with Gasteiger partial charge in [-0.2, -0.15) is 5.26 Å². The Hall–Kier alpha value is -2.85. The predicted molar refractivity (Wildman–Crippen MR) is 141 cm³/mol. The van der Waals surface area contributed by atoms with Crippen LogP contribution in [0.1, 0.15) is 12.5 Å². The summed E-state index contributed by atoms with van der Waals surface area (Å²) in [5.74, 6) is 0.865. The van der Waals surface area contributed by atoms with E-state index >= 15 is 0 Å². The molecule has 0 fully saturated rings. The summed E-state index contributed by atoms with van der Waals surface area (Å²) in [4.78, 5) is 1.23. The Kier molecular flexibility index (Phi) is 7.43. The fourth-order valence-corrected chi connectivity index (χ4v) is 9.19. The van der Waals surface area contributed by atoms with E-state index < -0.39 is 7.26 Å². The molecule has 0 N–H and O–H groups in total. The van der Waals surface area contributed by atoms with Gasteiger partial charge in [0.25, 0.3) is 0 Å². The molecule has 0 saturated carbocycles. The first kappa shape index (κ1) is 22.3. The van der Waals surface area contributed by atoms with Crippen LogP contribution in [0.15, 0.2) is 120 Å². The van der Waals surface area contributed by atoms with E-state index in [1.54, 1.807) is 11.8 Å². The van der Waals surface area contributed by atoms with E-state index in [9.17, 15) is 0 Å². The van der Waals surface area contributed by atoms with Crippen molar-refractivity contribution in [2.24, 2.45) is 5.92 Å². The summed E-state index contributed by atoms with van der Waals surface area (Å²) < 4.78 is 0. The predicted octanol–water partition coefficient (Wildman–Crippen LogP) is 6.43. The lowest BCUT2D eigenvalue weighted by Crippen LogP contribution is -2.32. The first-order chi connectivity index (χ1) is 15.7. The molecule has 4 aromatic carbocycles. The van der Waals surface area contributed by atoms with Crippen molar-refractivity contribution in [2.45, 2.75) is 18.0 Å². The monoisotopic (exact) mass is 452 g/mol. The number of nitrogens with zero attached hydrogens (tertiary/aromatic N) is 1. The van der Waals surface area contributed by atoms with E-state index in [2.05, 4.69) is 121 Å². The second-order valence-corrected chi connectivity index (χ2v) is 12.5. The average molecular weight is 453 g/mol. The molecule has 158 valence electrons. The van der Waals surface area contributed by atoms with Gasteiger partial charge in [-0.15, -0.1) is 11.8 Å². The van der Waals surface area contributed by atoms with Crippen molar-refractivity contribution < 1.29 is 0 Å². The number of benzene rings is 4. The van der Waals surface area contributed by atoms with Crippen LogP contribution in [0, 0.1) is 17.2 Å². The van der Waals surface area contributed by atoms with Gasteiger partial charge in [0.2, 0.25) is 0 Å². The highest BCUT2D eigenvalue weighted by atomic mass is 32.2. The summed E-state index contributed by atoms with van der Waals surface area (Å²) in [7, 11) is -1.90. The third kappa shape index (κ3) is 4.97. The molecule has 0 aromatic heterocycles. The minimum atomic E-state index is -1.90. The lowest BCUT2D eigenvalue weighted by atomic mass is 10.2. The molecular weight excluding hydrogens is 425 g/mol. The van der Waals surface area contributed by atoms with Gasteiger partial charge >= 0.3 is 0 Å². The minimum Gasteiger partial charge on any atom is -0.198 e. The Balaban J connectivity index is 1.83. The molecule has 0 saturated heterocycles. The molecule has 32 heavy (non-hydrogen) atoms. The van der Waals surface area contributed by atoms with Crippen LogP contribution in [0.5, 0.6) is 0 Å². The maximum atomic E-state index is 9.14. The molecule has 0 heterocycles. The number of hydrogen-bond acceptors (Lipinski definition) is 2. The summed E-state index contributed by atoms with van der Waals surface area (Å²) in [5.41, 5.74) is 1.34. The van der Waals surface area contributed by atoms with E-state index in [1.165, 1.54) is 26.4 Å². The topological polar surface area (TPSA) is 23.8 Å². The van der Waals surface area contributed by atoms with Crippen molar-refractivity contribution in [1.82, 2.24) is 0 Å². The Labute approximate surface area is 196 Å². The number of hydrogen-bond donors (Lipinski definition) is 0. The van der Waals surface area contributed by atoms with Gasteiger partial charge in [-0.1, -0.05) is 66.7 Å². The van der Waals surface area contributed by atoms with Crippen molar-refractivity contribution in [1.29, 1.82) is 5.26 Å². The maximum Gasteiger partial charge on any atom is 0.116 e. The van der Waals surface area contributed by atoms with Crippen LogP contribution in [0.25, 0.3) is 0 Å². The third-order valence-corrected chi connectivity index (χ3v) is 11.3. The van der Waals surface area contributed by atoms with Crippen LogP contribution in [-0.2, 0) is 6.16 Å². The highest BCUT2D eigenvalue weighted by molar-refractivity contribution is 7.99. The van der Waals surface area contributed by atoms with Crippen molar-refractivity contribution in [3.63, 3.8) is 0 Å². The Morgan fingerprint density at radius 1 is 0.719 bits per heavy atom. The van der Waals surface area contributed by atoms with Crippen LogP contribution in [0.3, 0.4) is 0 Å². The van der Waals surface area contributed by atoms with E-state index in [-0.39, 0.29) is 5.92 Å². The number of thioether (sulfide) groups is 1. The van der Waals surface area contributed by atoms with Crippen molar-refractivity contribution in [3.8, 4) is 6.07 Å². The second-order valence-electron chi connectivity index (χ2n) is 7.96. The zero-order valence-electron chi connectivity index (χ0n) is 18.3. The molecule has 4 rings (SSSR count). The minimum absolute atomic E-state index is 0.0493. The van der Waals surface area contributed by atoms with Crippen LogP contribution in [-0.4, -0.2) is 5.75 Å². The molecule has 4 aromatic rings. The molecule has 0 spiro atoms.